The molecule has 2 amide bonds. The van der Waals surface area contributed by atoms with Gasteiger partial charge in [0, 0.05) is 23.7 Å². The van der Waals surface area contributed by atoms with Crippen molar-refractivity contribution in [1.29, 1.82) is 0 Å². The SMILES string of the molecule is COc1ccc(SCC(O)[C@@H]2CCCN2C(=O)[C@@H]2CCCN2C(=O)OCc2ccccc2)cc1. The first-order valence-corrected chi connectivity index (χ1v) is 12.8. The van der Waals surface area contributed by atoms with Crippen molar-refractivity contribution in [3.05, 3.63) is 60.2 Å². The number of hydrogen-bond donors (Lipinski definition) is 1. The van der Waals surface area contributed by atoms with Crippen LogP contribution < -0.4 is 4.74 Å². The molecule has 2 aromatic carbocycles. The second-order valence-electron chi connectivity index (χ2n) is 8.69. The summed E-state index contributed by atoms with van der Waals surface area (Å²) in [6.45, 7) is 1.31. The van der Waals surface area contributed by atoms with E-state index in [-0.39, 0.29) is 18.6 Å². The van der Waals surface area contributed by atoms with E-state index in [1.807, 2.05) is 54.6 Å². The second kappa shape index (κ2) is 11.6. The number of rotatable bonds is 8. The molecule has 0 bridgehead atoms. The van der Waals surface area contributed by atoms with Crippen LogP contribution in [0.3, 0.4) is 0 Å². The number of aliphatic hydroxyl groups excluding tert-OH is 1. The van der Waals surface area contributed by atoms with E-state index in [0.29, 0.717) is 25.3 Å². The Morgan fingerprint density at radius 2 is 1.74 bits per heavy atom. The van der Waals surface area contributed by atoms with Crippen molar-refractivity contribution in [3.8, 4) is 5.75 Å². The molecule has 2 aliphatic rings. The van der Waals surface area contributed by atoms with Gasteiger partial charge in [0.25, 0.3) is 0 Å². The van der Waals surface area contributed by atoms with Crippen LogP contribution in [0.5, 0.6) is 5.75 Å². The maximum Gasteiger partial charge on any atom is 0.410 e. The number of thioether (sulfide) groups is 1. The van der Waals surface area contributed by atoms with Gasteiger partial charge in [-0.3, -0.25) is 9.69 Å². The molecule has 7 nitrogen and oxygen atoms in total. The fourth-order valence-corrected chi connectivity index (χ4v) is 5.58. The minimum Gasteiger partial charge on any atom is -0.497 e. The summed E-state index contributed by atoms with van der Waals surface area (Å²) in [5.74, 6) is 1.21. The molecule has 2 saturated heterocycles. The van der Waals surface area contributed by atoms with E-state index in [2.05, 4.69) is 0 Å². The maximum atomic E-state index is 13.4. The standard InChI is InChI=1S/C26H32N2O5S/c1-32-20-11-13-21(14-12-20)34-18-24(29)22-9-5-15-27(22)25(30)23-10-6-16-28(23)26(31)33-17-19-7-3-2-4-8-19/h2-4,7-8,11-14,22-24,29H,5-6,9-10,15-18H2,1H3/t22-,23-,24?/m0/s1. The molecule has 0 aromatic heterocycles. The first-order chi connectivity index (χ1) is 16.6. The smallest absolute Gasteiger partial charge is 0.410 e. The number of aliphatic hydroxyl groups is 1. The van der Waals surface area contributed by atoms with Gasteiger partial charge in [-0.2, -0.15) is 0 Å². The lowest BCUT2D eigenvalue weighted by atomic mass is 10.1. The number of ether oxygens (including phenoxy) is 2. The molecule has 2 aromatic rings. The van der Waals surface area contributed by atoms with Crippen molar-refractivity contribution in [2.24, 2.45) is 0 Å². The minimum atomic E-state index is -0.640. The van der Waals surface area contributed by atoms with Crippen LogP contribution >= 0.6 is 11.8 Å². The zero-order valence-corrected chi connectivity index (χ0v) is 20.3. The summed E-state index contributed by atoms with van der Waals surface area (Å²) in [6, 6.07) is 16.5. The second-order valence-corrected chi connectivity index (χ2v) is 9.78. The Labute approximate surface area is 205 Å². The monoisotopic (exact) mass is 484 g/mol. The van der Waals surface area contributed by atoms with Crippen molar-refractivity contribution in [2.45, 2.75) is 55.4 Å². The number of hydrogen-bond acceptors (Lipinski definition) is 6. The van der Waals surface area contributed by atoms with Crippen LogP contribution in [-0.2, 0) is 16.1 Å². The van der Waals surface area contributed by atoms with E-state index in [4.69, 9.17) is 9.47 Å². The van der Waals surface area contributed by atoms with Crippen molar-refractivity contribution < 1.29 is 24.2 Å². The molecule has 3 atom stereocenters. The molecule has 8 heteroatoms. The molecule has 182 valence electrons. The molecule has 2 aliphatic heterocycles. The minimum absolute atomic E-state index is 0.0786. The van der Waals surface area contributed by atoms with Crippen LogP contribution in [0, 0.1) is 0 Å². The molecular formula is C26H32N2O5S. The number of likely N-dealkylation sites (tertiary alicyclic amines) is 2. The largest absolute Gasteiger partial charge is 0.497 e. The molecule has 2 fully saturated rings. The summed E-state index contributed by atoms with van der Waals surface area (Å²) in [5, 5.41) is 10.9. The summed E-state index contributed by atoms with van der Waals surface area (Å²) in [5.41, 5.74) is 0.912. The zero-order chi connectivity index (χ0) is 23.9. The third kappa shape index (κ3) is 5.85. The van der Waals surface area contributed by atoms with Crippen molar-refractivity contribution >= 4 is 23.8 Å². The van der Waals surface area contributed by atoms with Crippen LogP contribution in [-0.4, -0.2) is 71.0 Å². The molecule has 1 unspecified atom stereocenters. The Bertz CT molecular complexity index is 955. The molecule has 1 N–H and O–H groups in total. The lowest BCUT2D eigenvalue weighted by molar-refractivity contribution is -0.138. The first-order valence-electron chi connectivity index (χ1n) is 11.8. The van der Waals surface area contributed by atoms with E-state index < -0.39 is 18.2 Å². The average Bonchev–Trinajstić information content (AvgIpc) is 3.57. The van der Waals surface area contributed by atoms with E-state index in [9.17, 15) is 14.7 Å². The Morgan fingerprint density at radius 3 is 2.47 bits per heavy atom. The van der Waals surface area contributed by atoms with E-state index in [0.717, 1.165) is 35.5 Å². The summed E-state index contributed by atoms with van der Waals surface area (Å²) in [4.78, 5) is 30.6. The van der Waals surface area contributed by atoms with Gasteiger partial charge >= 0.3 is 6.09 Å². The number of nitrogens with zero attached hydrogens (tertiary/aromatic N) is 2. The van der Waals surface area contributed by atoms with E-state index in [1.165, 1.54) is 0 Å². The normalized spacial score (nSPS) is 20.9. The van der Waals surface area contributed by atoms with Gasteiger partial charge in [-0.15, -0.1) is 11.8 Å². The Kier molecular flexibility index (Phi) is 8.34. The number of benzene rings is 2. The average molecular weight is 485 g/mol. The predicted molar refractivity (Wildman–Crippen MR) is 131 cm³/mol. The molecule has 0 aliphatic carbocycles. The van der Waals surface area contributed by atoms with Gasteiger partial charge in [-0.25, -0.2) is 4.79 Å². The lowest BCUT2D eigenvalue weighted by Gasteiger charge is -2.33. The van der Waals surface area contributed by atoms with Crippen molar-refractivity contribution in [2.75, 3.05) is 26.0 Å². The van der Waals surface area contributed by atoms with Crippen LogP contribution in [0.4, 0.5) is 4.79 Å². The molecule has 0 radical (unpaired) electrons. The molecule has 34 heavy (non-hydrogen) atoms. The Balaban J connectivity index is 1.33. The topological polar surface area (TPSA) is 79.3 Å². The van der Waals surface area contributed by atoms with Gasteiger partial charge < -0.3 is 19.5 Å². The van der Waals surface area contributed by atoms with Gasteiger partial charge in [0.2, 0.25) is 5.91 Å². The highest BCUT2D eigenvalue weighted by Crippen LogP contribution is 2.29. The van der Waals surface area contributed by atoms with Gasteiger partial charge in [0.1, 0.15) is 18.4 Å². The summed E-state index contributed by atoms with van der Waals surface area (Å²) in [6.07, 6.45) is 1.92. The van der Waals surface area contributed by atoms with E-state index in [1.54, 1.807) is 28.7 Å². The van der Waals surface area contributed by atoms with Gasteiger partial charge in [0.05, 0.1) is 19.3 Å². The van der Waals surface area contributed by atoms with Crippen LogP contribution in [0.25, 0.3) is 0 Å². The molecule has 0 spiro atoms. The Morgan fingerprint density at radius 1 is 1.03 bits per heavy atom. The van der Waals surface area contributed by atoms with Gasteiger partial charge in [-0.1, -0.05) is 30.3 Å². The van der Waals surface area contributed by atoms with Crippen molar-refractivity contribution in [3.63, 3.8) is 0 Å². The predicted octanol–water partition coefficient (Wildman–Crippen LogP) is 3.94. The Hall–Kier alpha value is -2.71. The van der Waals surface area contributed by atoms with Gasteiger partial charge in [0.15, 0.2) is 0 Å². The summed E-state index contributed by atoms with van der Waals surface area (Å²) in [7, 11) is 1.63. The van der Waals surface area contributed by atoms with Crippen LogP contribution in [0.2, 0.25) is 0 Å². The molecular weight excluding hydrogens is 452 g/mol. The van der Waals surface area contributed by atoms with Crippen molar-refractivity contribution in [1.82, 2.24) is 9.80 Å². The quantitative estimate of drug-likeness (QED) is 0.572. The number of methoxy groups -OCH3 is 1. The van der Waals surface area contributed by atoms with E-state index >= 15 is 0 Å². The number of amides is 2. The summed E-state index contributed by atoms with van der Waals surface area (Å²) < 4.78 is 10.7. The van der Waals surface area contributed by atoms with Crippen LogP contribution in [0.1, 0.15) is 31.2 Å². The number of carbonyl (C=O) groups is 2. The highest BCUT2D eigenvalue weighted by atomic mass is 32.2. The molecule has 2 heterocycles. The fraction of sp³-hybridized carbons (Fsp3) is 0.462. The summed E-state index contributed by atoms with van der Waals surface area (Å²) >= 11 is 1.56. The fourth-order valence-electron chi connectivity index (χ4n) is 4.67. The highest BCUT2D eigenvalue weighted by molar-refractivity contribution is 7.99. The first kappa shape index (κ1) is 24.4. The molecule has 4 rings (SSSR count). The maximum absolute atomic E-state index is 13.4. The van der Waals surface area contributed by atoms with Gasteiger partial charge in [-0.05, 0) is 55.5 Å². The zero-order valence-electron chi connectivity index (χ0n) is 19.5. The lowest BCUT2D eigenvalue weighted by Crippen LogP contribution is -2.52. The third-order valence-electron chi connectivity index (χ3n) is 6.48. The third-order valence-corrected chi connectivity index (χ3v) is 7.60. The van der Waals surface area contributed by atoms with Crippen LogP contribution in [0.15, 0.2) is 59.5 Å². The number of carbonyl (C=O) groups excluding carboxylic acids is 2. The molecule has 0 saturated carbocycles. The highest BCUT2D eigenvalue weighted by Gasteiger charge is 2.42.